The van der Waals surface area contributed by atoms with Crippen LogP contribution in [-0.2, 0) is 0 Å². The Labute approximate surface area is 114 Å². The molecule has 1 N–H and O–H groups in total. The van der Waals surface area contributed by atoms with Crippen molar-refractivity contribution in [2.75, 3.05) is 18.4 Å². The van der Waals surface area contributed by atoms with Crippen molar-refractivity contribution in [3.05, 3.63) is 27.1 Å². The lowest BCUT2D eigenvalue weighted by Gasteiger charge is -2.17. The van der Waals surface area contributed by atoms with E-state index in [2.05, 4.69) is 5.32 Å². The zero-order valence-corrected chi connectivity index (χ0v) is 11.8. The number of urea groups is 1. The van der Waals surface area contributed by atoms with Gasteiger partial charge in [0.25, 0.3) is 0 Å². The Morgan fingerprint density at radius 3 is 2.65 bits per heavy atom. The summed E-state index contributed by atoms with van der Waals surface area (Å²) in [5, 5.41) is 2.65. The molecule has 1 aromatic rings. The SMILES string of the molecule is Cc1cc(F)c(NC(=O)N2CCCC2)c(I)c1. The van der Waals surface area contributed by atoms with Crippen LogP contribution in [0.15, 0.2) is 12.1 Å². The maximum Gasteiger partial charge on any atom is 0.321 e. The molecule has 0 radical (unpaired) electrons. The molecule has 1 aromatic carbocycles. The fourth-order valence-corrected chi connectivity index (χ4v) is 2.81. The van der Waals surface area contributed by atoms with E-state index < -0.39 is 0 Å². The molecule has 1 aliphatic rings. The van der Waals surface area contributed by atoms with Gasteiger partial charge >= 0.3 is 6.03 Å². The average Bonchev–Trinajstić information content (AvgIpc) is 2.76. The smallest absolute Gasteiger partial charge is 0.321 e. The van der Waals surface area contributed by atoms with Crippen molar-refractivity contribution in [1.29, 1.82) is 0 Å². The molecular formula is C12H14FIN2O. The van der Waals surface area contributed by atoms with Gasteiger partial charge in [-0.15, -0.1) is 0 Å². The van der Waals surface area contributed by atoms with E-state index in [1.54, 1.807) is 4.90 Å². The Morgan fingerprint density at radius 2 is 2.06 bits per heavy atom. The van der Waals surface area contributed by atoms with Crippen LogP contribution >= 0.6 is 22.6 Å². The standard InChI is InChI=1S/C12H14FIN2O/c1-8-6-9(13)11(10(14)7-8)15-12(17)16-4-2-3-5-16/h6-7H,2-5H2,1H3,(H,15,17). The van der Waals surface area contributed by atoms with E-state index in [-0.39, 0.29) is 17.5 Å². The summed E-state index contributed by atoms with van der Waals surface area (Å²) in [5.74, 6) is -0.373. The minimum atomic E-state index is -0.373. The van der Waals surface area contributed by atoms with Gasteiger partial charge in [0.2, 0.25) is 0 Å². The van der Waals surface area contributed by atoms with Crippen LogP contribution in [-0.4, -0.2) is 24.0 Å². The first-order valence-electron chi connectivity index (χ1n) is 5.59. The maximum absolute atomic E-state index is 13.7. The van der Waals surface area contributed by atoms with Crippen molar-refractivity contribution in [2.24, 2.45) is 0 Å². The quantitative estimate of drug-likeness (QED) is 0.776. The molecule has 0 spiro atoms. The molecular weight excluding hydrogens is 334 g/mol. The first-order chi connectivity index (χ1) is 8.08. The lowest BCUT2D eigenvalue weighted by molar-refractivity contribution is 0.222. The summed E-state index contributed by atoms with van der Waals surface area (Å²) in [6.45, 7) is 3.35. The van der Waals surface area contributed by atoms with E-state index in [0.717, 1.165) is 35.1 Å². The highest BCUT2D eigenvalue weighted by Gasteiger charge is 2.20. The third kappa shape index (κ3) is 2.88. The Hall–Kier alpha value is -0.850. The van der Waals surface area contributed by atoms with E-state index in [0.29, 0.717) is 0 Å². The number of rotatable bonds is 1. The van der Waals surface area contributed by atoms with Crippen molar-refractivity contribution < 1.29 is 9.18 Å². The van der Waals surface area contributed by atoms with Crippen molar-refractivity contribution in [3.63, 3.8) is 0 Å². The Morgan fingerprint density at radius 1 is 1.41 bits per heavy atom. The average molecular weight is 348 g/mol. The fraction of sp³-hybridized carbons (Fsp3) is 0.417. The third-order valence-electron chi connectivity index (χ3n) is 2.81. The zero-order valence-electron chi connectivity index (χ0n) is 9.59. The zero-order chi connectivity index (χ0) is 12.4. The Kier molecular flexibility index (Phi) is 3.86. The second-order valence-corrected chi connectivity index (χ2v) is 5.39. The van der Waals surface area contributed by atoms with Crippen LogP contribution in [0.1, 0.15) is 18.4 Å². The predicted molar refractivity (Wildman–Crippen MR) is 73.7 cm³/mol. The summed E-state index contributed by atoms with van der Waals surface area (Å²) in [6, 6.07) is 3.08. The predicted octanol–water partition coefficient (Wildman–Crippen LogP) is 3.37. The largest absolute Gasteiger partial charge is 0.325 e. The summed E-state index contributed by atoms with van der Waals surface area (Å²) in [4.78, 5) is 13.6. The number of halogens is 2. The molecule has 1 fully saturated rings. The monoisotopic (exact) mass is 348 g/mol. The first-order valence-corrected chi connectivity index (χ1v) is 6.67. The number of benzene rings is 1. The molecule has 0 atom stereocenters. The molecule has 2 amide bonds. The summed E-state index contributed by atoms with van der Waals surface area (Å²) in [5.41, 5.74) is 1.14. The van der Waals surface area contributed by atoms with E-state index in [4.69, 9.17) is 0 Å². The van der Waals surface area contributed by atoms with Gasteiger partial charge in [-0.2, -0.15) is 0 Å². The van der Waals surface area contributed by atoms with Crippen LogP contribution in [0, 0.1) is 16.3 Å². The highest BCUT2D eigenvalue weighted by molar-refractivity contribution is 14.1. The summed E-state index contributed by atoms with van der Waals surface area (Å²) in [6.07, 6.45) is 2.06. The van der Waals surface area contributed by atoms with Gasteiger partial charge < -0.3 is 10.2 Å². The van der Waals surface area contributed by atoms with Crippen LogP contribution in [0.5, 0.6) is 0 Å². The fourth-order valence-electron chi connectivity index (χ4n) is 1.93. The van der Waals surface area contributed by atoms with Crippen LogP contribution in [0.4, 0.5) is 14.9 Å². The second-order valence-electron chi connectivity index (χ2n) is 4.23. The number of nitrogens with zero attached hydrogens (tertiary/aromatic N) is 1. The van der Waals surface area contributed by atoms with Gasteiger partial charge in [-0.25, -0.2) is 9.18 Å². The number of likely N-dealkylation sites (tertiary alicyclic amines) is 1. The van der Waals surface area contributed by atoms with E-state index in [1.807, 2.05) is 35.6 Å². The van der Waals surface area contributed by atoms with Crippen molar-refractivity contribution in [1.82, 2.24) is 4.90 Å². The molecule has 0 aliphatic carbocycles. The highest BCUT2D eigenvalue weighted by atomic mass is 127. The number of carbonyl (C=O) groups excluding carboxylic acids is 1. The van der Waals surface area contributed by atoms with E-state index in [9.17, 15) is 9.18 Å². The van der Waals surface area contributed by atoms with Crippen LogP contribution in [0.2, 0.25) is 0 Å². The number of anilines is 1. The van der Waals surface area contributed by atoms with Gasteiger partial charge in [0.1, 0.15) is 5.82 Å². The normalized spacial score (nSPS) is 15.1. The molecule has 17 heavy (non-hydrogen) atoms. The molecule has 0 saturated carbocycles. The molecule has 2 rings (SSSR count). The third-order valence-corrected chi connectivity index (χ3v) is 3.66. The molecule has 92 valence electrons. The summed E-state index contributed by atoms with van der Waals surface area (Å²) < 4.78 is 14.4. The first kappa shape index (κ1) is 12.6. The lowest BCUT2D eigenvalue weighted by atomic mass is 10.2. The second kappa shape index (κ2) is 5.20. The van der Waals surface area contributed by atoms with Crippen molar-refractivity contribution in [2.45, 2.75) is 19.8 Å². The minimum absolute atomic E-state index is 0.205. The van der Waals surface area contributed by atoms with Crippen LogP contribution < -0.4 is 5.32 Å². The van der Waals surface area contributed by atoms with Gasteiger partial charge in [-0.3, -0.25) is 0 Å². The van der Waals surface area contributed by atoms with Crippen molar-refractivity contribution in [3.8, 4) is 0 Å². The molecule has 1 aliphatic heterocycles. The molecule has 0 bridgehead atoms. The Bertz CT molecular complexity index is 421. The Balaban J connectivity index is 2.15. The number of amides is 2. The molecule has 3 nitrogen and oxygen atoms in total. The molecule has 0 unspecified atom stereocenters. The van der Waals surface area contributed by atoms with Gasteiger partial charge in [0, 0.05) is 16.7 Å². The summed E-state index contributed by atoms with van der Waals surface area (Å²) >= 11 is 2.03. The lowest BCUT2D eigenvalue weighted by Crippen LogP contribution is -2.32. The number of carbonyl (C=O) groups is 1. The number of nitrogens with one attached hydrogen (secondary N) is 1. The molecule has 1 saturated heterocycles. The molecule has 0 aromatic heterocycles. The van der Waals surface area contributed by atoms with Crippen molar-refractivity contribution >= 4 is 34.3 Å². The highest BCUT2D eigenvalue weighted by Crippen LogP contribution is 2.24. The van der Waals surface area contributed by atoms with Gasteiger partial charge in [-0.05, 0) is 60.1 Å². The molecule has 5 heteroatoms. The van der Waals surface area contributed by atoms with Crippen LogP contribution in [0.3, 0.4) is 0 Å². The number of hydrogen-bond donors (Lipinski definition) is 1. The number of aryl methyl sites for hydroxylation is 1. The van der Waals surface area contributed by atoms with Gasteiger partial charge in [-0.1, -0.05) is 0 Å². The molecule has 1 heterocycles. The van der Waals surface area contributed by atoms with Gasteiger partial charge in [0.05, 0.1) is 5.69 Å². The van der Waals surface area contributed by atoms with E-state index in [1.165, 1.54) is 6.07 Å². The summed E-state index contributed by atoms with van der Waals surface area (Å²) in [7, 11) is 0. The van der Waals surface area contributed by atoms with E-state index >= 15 is 0 Å². The van der Waals surface area contributed by atoms with Gasteiger partial charge in [0.15, 0.2) is 0 Å². The van der Waals surface area contributed by atoms with Crippen LogP contribution in [0.25, 0.3) is 0 Å². The maximum atomic E-state index is 13.7. The number of hydrogen-bond acceptors (Lipinski definition) is 1. The minimum Gasteiger partial charge on any atom is -0.325 e. The topological polar surface area (TPSA) is 32.3 Å².